The van der Waals surface area contributed by atoms with Crippen LogP contribution in [0.25, 0.3) is 0 Å². The third kappa shape index (κ3) is 6.50. The van der Waals surface area contributed by atoms with E-state index in [-0.39, 0.29) is 42.5 Å². The minimum absolute atomic E-state index is 0.00206. The Bertz CT molecular complexity index is 1500. The summed E-state index contributed by atoms with van der Waals surface area (Å²) in [7, 11) is -7.59. The van der Waals surface area contributed by atoms with E-state index in [1.54, 1.807) is 34.7 Å². The second-order valence-corrected chi connectivity index (χ2v) is 14.8. The molecule has 2 atom stereocenters. The van der Waals surface area contributed by atoms with Crippen molar-refractivity contribution in [3.05, 3.63) is 77.4 Å². The molecule has 0 bridgehead atoms. The maximum absolute atomic E-state index is 13.4. The summed E-state index contributed by atoms with van der Waals surface area (Å²) in [6, 6.07) is 11.0. The van der Waals surface area contributed by atoms with Crippen molar-refractivity contribution >= 4 is 37.1 Å². The summed E-state index contributed by atoms with van der Waals surface area (Å²) in [5, 5.41) is 11.7. The van der Waals surface area contributed by atoms with Gasteiger partial charge >= 0.3 is 6.18 Å². The van der Waals surface area contributed by atoms with E-state index in [2.05, 4.69) is 4.98 Å². The fourth-order valence-electron chi connectivity index (χ4n) is 4.47. The SMILES string of the molecule is CC(O)(c1ccc(N2CCN(S(=O)(=O)c3cccs3)C[C@@H]2CN(Cc2cccnc2)S(C)(=O)=O)cc1)C(F)(F)F. The number of aliphatic hydroxyl groups is 1. The number of sulfonamides is 2. The van der Waals surface area contributed by atoms with Crippen LogP contribution in [0.5, 0.6) is 0 Å². The van der Waals surface area contributed by atoms with E-state index >= 15 is 0 Å². The van der Waals surface area contributed by atoms with Crippen molar-refractivity contribution in [1.82, 2.24) is 13.6 Å². The summed E-state index contributed by atoms with van der Waals surface area (Å²) < 4.78 is 94.9. The average molecular weight is 619 g/mol. The first-order valence-electron chi connectivity index (χ1n) is 12.1. The van der Waals surface area contributed by atoms with E-state index in [4.69, 9.17) is 0 Å². The van der Waals surface area contributed by atoms with E-state index in [9.17, 15) is 35.1 Å². The molecule has 0 spiro atoms. The van der Waals surface area contributed by atoms with Crippen molar-refractivity contribution in [2.24, 2.45) is 0 Å². The lowest BCUT2D eigenvalue weighted by Gasteiger charge is -2.43. The van der Waals surface area contributed by atoms with E-state index in [0.717, 1.165) is 17.6 Å². The number of anilines is 1. The number of pyridine rings is 1. The Morgan fingerprint density at radius 1 is 1.07 bits per heavy atom. The summed E-state index contributed by atoms with van der Waals surface area (Å²) in [5.74, 6) is 0. The molecule has 1 saturated heterocycles. The monoisotopic (exact) mass is 618 g/mol. The number of piperazine rings is 1. The maximum Gasteiger partial charge on any atom is 0.421 e. The molecular weight excluding hydrogens is 589 g/mol. The highest BCUT2D eigenvalue weighted by Crippen LogP contribution is 2.39. The zero-order chi connectivity index (χ0) is 29.3. The third-order valence-corrected chi connectivity index (χ3v) is 11.3. The van der Waals surface area contributed by atoms with Gasteiger partial charge in [-0.15, -0.1) is 11.3 Å². The van der Waals surface area contributed by atoms with Crippen molar-refractivity contribution < 1.29 is 35.1 Å². The highest BCUT2D eigenvalue weighted by Gasteiger charge is 2.51. The fraction of sp³-hybridized carbons (Fsp3) is 0.400. The normalized spacial score (nSPS) is 19.1. The topological polar surface area (TPSA) is 111 Å². The molecule has 1 aliphatic rings. The first-order chi connectivity index (χ1) is 18.6. The standard InChI is InChI=1S/C25H29F3N4O5S3/c1-24(33,25(26,27)28)20-7-9-21(10-8-20)32-13-12-30(40(36,37)23-6-4-14-38-23)17-22(32)18-31(39(2,34)35)16-19-5-3-11-29-15-19/h3-11,14-15,22,33H,12-13,16-18H2,1-2H3/t22-,24?/m1/s1. The highest BCUT2D eigenvalue weighted by atomic mass is 32.2. The fourth-order valence-corrected chi connectivity index (χ4v) is 7.91. The van der Waals surface area contributed by atoms with Gasteiger partial charge in [0.25, 0.3) is 10.0 Å². The molecule has 1 N–H and O–H groups in total. The number of thiophene rings is 1. The Labute approximate surface area is 235 Å². The lowest BCUT2D eigenvalue weighted by atomic mass is 9.95. The minimum Gasteiger partial charge on any atom is -0.376 e. The van der Waals surface area contributed by atoms with Crippen LogP contribution < -0.4 is 4.90 Å². The molecule has 0 saturated carbocycles. The molecule has 1 aliphatic heterocycles. The van der Waals surface area contributed by atoms with Crippen molar-refractivity contribution in [1.29, 1.82) is 0 Å². The molecule has 4 rings (SSSR count). The zero-order valence-corrected chi connectivity index (χ0v) is 24.1. The number of hydrogen-bond acceptors (Lipinski definition) is 8. The van der Waals surface area contributed by atoms with Crippen LogP contribution in [0.2, 0.25) is 0 Å². The van der Waals surface area contributed by atoms with E-state index in [1.807, 2.05) is 0 Å². The van der Waals surface area contributed by atoms with Crippen LogP contribution in [0.4, 0.5) is 18.9 Å². The third-order valence-electron chi connectivity index (χ3n) is 6.81. The Balaban J connectivity index is 1.68. The lowest BCUT2D eigenvalue weighted by Crippen LogP contribution is -2.58. The van der Waals surface area contributed by atoms with Gasteiger partial charge in [0, 0.05) is 50.8 Å². The van der Waals surface area contributed by atoms with Crippen LogP contribution in [-0.4, -0.2) is 80.2 Å². The number of rotatable bonds is 9. The number of nitrogens with zero attached hydrogens (tertiary/aromatic N) is 4. The Hall–Kier alpha value is -2.56. The van der Waals surface area contributed by atoms with E-state index < -0.39 is 37.9 Å². The molecule has 1 fully saturated rings. The number of benzene rings is 1. The van der Waals surface area contributed by atoms with Crippen LogP contribution in [0.3, 0.4) is 0 Å². The maximum atomic E-state index is 13.4. The van der Waals surface area contributed by atoms with Crippen LogP contribution >= 0.6 is 11.3 Å². The molecule has 0 radical (unpaired) electrons. The number of alkyl halides is 3. The van der Waals surface area contributed by atoms with Gasteiger partial charge in [0.05, 0.1) is 12.3 Å². The zero-order valence-electron chi connectivity index (χ0n) is 21.7. The van der Waals surface area contributed by atoms with Gasteiger partial charge < -0.3 is 10.0 Å². The van der Waals surface area contributed by atoms with Crippen LogP contribution in [-0.2, 0) is 32.2 Å². The van der Waals surface area contributed by atoms with Crippen molar-refractivity contribution in [3.63, 3.8) is 0 Å². The predicted octanol–water partition coefficient (Wildman–Crippen LogP) is 3.25. The van der Waals surface area contributed by atoms with Gasteiger partial charge in [-0.1, -0.05) is 24.3 Å². The quantitative estimate of drug-likeness (QED) is 0.392. The van der Waals surface area contributed by atoms with Gasteiger partial charge in [-0.2, -0.15) is 21.8 Å². The van der Waals surface area contributed by atoms with Crippen molar-refractivity contribution in [2.75, 3.05) is 37.3 Å². The molecule has 15 heteroatoms. The molecule has 218 valence electrons. The number of hydrogen-bond donors (Lipinski definition) is 1. The molecule has 9 nitrogen and oxygen atoms in total. The Morgan fingerprint density at radius 3 is 2.33 bits per heavy atom. The van der Waals surface area contributed by atoms with E-state index in [1.165, 1.54) is 45.1 Å². The van der Waals surface area contributed by atoms with Gasteiger partial charge in [0.15, 0.2) is 5.60 Å². The second-order valence-electron chi connectivity index (χ2n) is 9.68. The van der Waals surface area contributed by atoms with Gasteiger partial charge in [0.1, 0.15) is 4.21 Å². The summed E-state index contributed by atoms with van der Waals surface area (Å²) in [6.07, 6.45) is -0.730. The predicted molar refractivity (Wildman–Crippen MR) is 146 cm³/mol. The largest absolute Gasteiger partial charge is 0.421 e. The summed E-state index contributed by atoms with van der Waals surface area (Å²) in [6.45, 7) is 0.770. The number of halogens is 3. The average Bonchev–Trinajstić information content (AvgIpc) is 3.44. The minimum atomic E-state index is -4.89. The van der Waals surface area contributed by atoms with Crippen LogP contribution in [0, 0.1) is 0 Å². The molecule has 0 aliphatic carbocycles. The molecule has 40 heavy (non-hydrogen) atoms. The molecule has 2 aromatic heterocycles. The smallest absolute Gasteiger partial charge is 0.376 e. The highest BCUT2D eigenvalue weighted by molar-refractivity contribution is 7.91. The van der Waals surface area contributed by atoms with Crippen molar-refractivity contribution in [3.8, 4) is 0 Å². The number of aromatic nitrogens is 1. The first-order valence-corrected chi connectivity index (χ1v) is 16.3. The summed E-state index contributed by atoms with van der Waals surface area (Å²) >= 11 is 1.08. The Kier molecular flexibility index (Phi) is 8.64. The van der Waals surface area contributed by atoms with Crippen LogP contribution in [0.15, 0.2) is 70.5 Å². The molecule has 3 heterocycles. The van der Waals surface area contributed by atoms with Gasteiger partial charge in [-0.3, -0.25) is 4.98 Å². The Morgan fingerprint density at radius 2 is 1.77 bits per heavy atom. The van der Waals surface area contributed by atoms with Gasteiger partial charge in [0.2, 0.25) is 10.0 Å². The van der Waals surface area contributed by atoms with E-state index in [0.29, 0.717) is 18.2 Å². The van der Waals surface area contributed by atoms with Gasteiger partial charge in [-0.05, 0) is 47.7 Å². The first kappa shape index (κ1) is 30.4. The molecule has 0 amide bonds. The second kappa shape index (κ2) is 11.4. The molecule has 1 unspecified atom stereocenters. The van der Waals surface area contributed by atoms with Crippen LogP contribution in [0.1, 0.15) is 18.1 Å². The van der Waals surface area contributed by atoms with Gasteiger partial charge in [-0.25, -0.2) is 16.8 Å². The lowest BCUT2D eigenvalue weighted by molar-refractivity contribution is -0.258. The molecular formula is C25H29F3N4O5S3. The van der Waals surface area contributed by atoms with Crippen molar-refractivity contribution in [2.45, 2.75) is 35.5 Å². The molecule has 1 aromatic carbocycles. The summed E-state index contributed by atoms with van der Waals surface area (Å²) in [4.78, 5) is 5.81. The summed E-state index contributed by atoms with van der Waals surface area (Å²) in [5.41, 5.74) is -2.31. The molecule has 3 aromatic rings.